The zero-order chi connectivity index (χ0) is 10.9. The minimum atomic E-state index is 0.730. The van der Waals surface area contributed by atoms with Crippen LogP contribution in [0.15, 0.2) is 0 Å². The Balaban J connectivity index is 2.16. The van der Waals surface area contributed by atoms with Crippen LogP contribution in [0.25, 0.3) is 0 Å². The molecule has 0 bridgehead atoms. The Morgan fingerprint density at radius 2 is 2.20 bits per heavy atom. The Morgan fingerprint density at radius 3 is 2.80 bits per heavy atom. The Labute approximate surface area is 94.8 Å². The predicted molar refractivity (Wildman–Crippen MR) is 65.1 cm³/mol. The quantitative estimate of drug-likeness (QED) is 0.626. The molecule has 1 fully saturated rings. The highest BCUT2D eigenvalue weighted by Crippen LogP contribution is 2.20. The molecule has 1 saturated heterocycles. The fourth-order valence-electron chi connectivity index (χ4n) is 2.40. The summed E-state index contributed by atoms with van der Waals surface area (Å²) in [4.78, 5) is 0. The van der Waals surface area contributed by atoms with Crippen molar-refractivity contribution in [3.05, 3.63) is 0 Å². The lowest BCUT2D eigenvalue weighted by atomic mass is 9.95. The number of rotatable bonds is 8. The summed E-state index contributed by atoms with van der Waals surface area (Å²) in [5.41, 5.74) is 0. The molecule has 0 amide bonds. The van der Waals surface area contributed by atoms with E-state index in [1.54, 1.807) is 0 Å². The summed E-state index contributed by atoms with van der Waals surface area (Å²) < 4.78 is 5.43. The van der Waals surface area contributed by atoms with Crippen molar-refractivity contribution in [2.45, 2.75) is 58.4 Å². The van der Waals surface area contributed by atoms with Gasteiger partial charge < -0.3 is 10.1 Å². The maximum absolute atomic E-state index is 5.43. The molecule has 15 heavy (non-hydrogen) atoms. The van der Waals surface area contributed by atoms with Crippen molar-refractivity contribution in [1.82, 2.24) is 5.32 Å². The molecule has 0 aromatic heterocycles. The third kappa shape index (κ3) is 5.53. The molecular formula is C13H27NO. The molecule has 0 aromatic carbocycles. The largest absolute Gasteiger partial charge is 0.381 e. The number of nitrogens with one attached hydrogen (secondary N) is 1. The Kier molecular flexibility index (Phi) is 7.03. The van der Waals surface area contributed by atoms with E-state index in [9.17, 15) is 0 Å². The Morgan fingerprint density at radius 1 is 1.33 bits per heavy atom. The van der Waals surface area contributed by atoms with Crippen molar-refractivity contribution in [2.24, 2.45) is 5.92 Å². The second-order valence-electron chi connectivity index (χ2n) is 4.72. The summed E-state index contributed by atoms with van der Waals surface area (Å²) in [6.45, 7) is 7.56. The average molecular weight is 213 g/mol. The average Bonchev–Trinajstić information content (AvgIpc) is 2.71. The summed E-state index contributed by atoms with van der Waals surface area (Å²) >= 11 is 0. The number of hydrogen-bond acceptors (Lipinski definition) is 2. The van der Waals surface area contributed by atoms with Gasteiger partial charge in [-0.1, -0.05) is 33.1 Å². The van der Waals surface area contributed by atoms with Gasteiger partial charge in [-0.05, 0) is 31.7 Å². The first kappa shape index (κ1) is 13.0. The van der Waals surface area contributed by atoms with E-state index in [1.807, 2.05) is 0 Å². The van der Waals surface area contributed by atoms with Crippen LogP contribution < -0.4 is 5.32 Å². The highest BCUT2D eigenvalue weighted by Gasteiger charge is 2.19. The van der Waals surface area contributed by atoms with Crippen molar-refractivity contribution in [2.75, 3.05) is 19.8 Å². The highest BCUT2D eigenvalue weighted by molar-refractivity contribution is 4.74. The lowest BCUT2D eigenvalue weighted by Crippen LogP contribution is -2.31. The molecule has 0 aliphatic carbocycles. The van der Waals surface area contributed by atoms with Crippen molar-refractivity contribution in [3.63, 3.8) is 0 Å². The van der Waals surface area contributed by atoms with Crippen molar-refractivity contribution in [1.29, 1.82) is 0 Å². The molecule has 0 saturated carbocycles. The van der Waals surface area contributed by atoms with E-state index < -0.39 is 0 Å². The van der Waals surface area contributed by atoms with E-state index in [0.717, 1.165) is 31.7 Å². The summed E-state index contributed by atoms with van der Waals surface area (Å²) in [5, 5.41) is 3.61. The topological polar surface area (TPSA) is 21.3 Å². The summed E-state index contributed by atoms with van der Waals surface area (Å²) in [7, 11) is 0. The molecule has 2 unspecified atom stereocenters. The van der Waals surface area contributed by atoms with Gasteiger partial charge in [-0.3, -0.25) is 0 Å². The number of hydrogen-bond donors (Lipinski definition) is 1. The van der Waals surface area contributed by atoms with E-state index in [1.165, 1.54) is 38.5 Å². The summed E-state index contributed by atoms with van der Waals surface area (Å²) in [6.07, 6.45) is 8.02. The van der Waals surface area contributed by atoms with Crippen LogP contribution in [0.4, 0.5) is 0 Å². The molecule has 1 N–H and O–H groups in total. The van der Waals surface area contributed by atoms with Gasteiger partial charge in [-0.2, -0.15) is 0 Å². The fourth-order valence-corrected chi connectivity index (χ4v) is 2.40. The van der Waals surface area contributed by atoms with Gasteiger partial charge in [-0.25, -0.2) is 0 Å². The van der Waals surface area contributed by atoms with Crippen LogP contribution in [0.2, 0.25) is 0 Å². The van der Waals surface area contributed by atoms with Gasteiger partial charge in [0, 0.05) is 19.3 Å². The molecule has 2 nitrogen and oxygen atoms in total. The van der Waals surface area contributed by atoms with E-state index in [4.69, 9.17) is 4.74 Å². The molecule has 1 heterocycles. The minimum Gasteiger partial charge on any atom is -0.381 e. The predicted octanol–water partition coefficient (Wildman–Crippen LogP) is 2.97. The van der Waals surface area contributed by atoms with Gasteiger partial charge in [0.25, 0.3) is 0 Å². The molecule has 0 aromatic rings. The highest BCUT2D eigenvalue weighted by atomic mass is 16.5. The normalized spacial score (nSPS) is 23.2. The molecule has 2 atom stereocenters. The fraction of sp³-hybridized carbons (Fsp3) is 1.00. The van der Waals surface area contributed by atoms with Gasteiger partial charge in [-0.15, -0.1) is 0 Å². The first-order valence-corrected chi connectivity index (χ1v) is 6.68. The lowest BCUT2D eigenvalue weighted by Gasteiger charge is -2.20. The molecule has 0 radical (unpaired) electrons. The monoisotopic (exact) mass is 213 g/mol. The van der Waals surface area contributed by atoms with Gasteiger partial charge >= 0.3 is 0 Å². The molecule has 1 rings (SSSR count). The molecular weight excluding hydrogens is 186 g/mol. The first-order valence-electron chi connectivity index (χ1n) is 6.68. The SMILES string of the molecule is CCCCCC(CC1CCOC1)NCC. The maximum Gasteiger partial charge on any atom is 0.0495 e. The molecule has 90 valence electrons. The zero-order valence-electron chi connectivity index (χ0n) is 10.4. The van der Waals surface area contributed by atoms with Crippen LogP contribution in [-0.4, -0.2) is 25.8 Å². The van der Waals surface area contributed by atoms with Gasteiger partial charge in [0.05, 0.1) is 0 Å². The molecule has 1 aliphatic rings. The second kappa shape index (κ2) is 8.12. The van der Waals surface area contributed by atoms with Crippen LogP contribution in [-0.2, 0) is 4.74 Å². The van der Waals surface area contributed by atoms with Crippen LogP contribution in [0.1, 0.15) is 52.4 Å². The number of ether oxygens (including phenoxy) is 1. The number of unbranched alkanes of at least 4 members (excludes halogenated alkanes) is 2. The van der Waals surface area contributed by atoms with E-state index in [2.05, 4.69) is 19.2 Å². The first-order chi connectivity index (χ1) is 7.36. The Hall–Kier alpha value is -0.0800. The van der Waals surface area contributed by atoms with Crippen LogP contribution in [0.3, 0.4) is 0 Å². The Bertz CT molecular complexity index is 143. The minimum absolute atomic E-state index is 0.730. The zero-order valence-corrected chi connectivity index (χ0v) is 10.4. The van der Waals surface area contributed by atoms with E-state index in [0.29, 0.717) is 0 Å². The third-order valence-corrected chi connectivity index (χ3v) is 3.29. The molecule has 0 spiro atoms. The summed E-state index contributed by atoms with van der Waals surface area (Å²) in [6, 6.07) is 0.730. The third-order valence-electron chi connectivity index (χ3n) is 3.29. The van der Waals surface area contributed by atoms with Crippen molar-refractivity contribution in [3.8, 4) is 0 Å². The van der Waals surface area contributed by atoms with Gasteiger partial charge in [0.2, 0.25) is 0 Å². The maximum atomic E-state index is 5.43. The van der Waals surface area contributed by atoms with E-state index >= 15 is 0 Å². The molecule has 1 aliphatic heterocycles. The lowest BCUT2D eigenvalue weighted by molar-refractivity contribution is 0.181. The summed E-state index contributed by atoms with van der Waals surface area (Å²) in [5.74, 6) is 0.815. The van der Waals surface area contributed by atoms with Gasteiger partial charge in [0.1, 0.15) is 0 Å². The van der Waals surface area contributed by atoms with Crippen LogP contribution in [0.5, 0.6) is 0 Å². The van der Waals surface area contributed by atoms with Crippen LogP contribution >= 0.6 is 0 Å². The van der Waals surface area contributed by atoms with E-state index in [-0.39, 0.29) is 0 Å². The van der Waals surface area contributed by atoms with Crippen molar-refractivity contribution >= 4 is 0 Å². The van der Waals surface area contributed by atoms with Crippen molar-refractivity contribution < 1.29 is 4.74 Å². The van der Waals surface area contributed by atoms with Crippen LogP contribution in [0, 0.1) is 5.92 Å². The molecule has 2 heteroatoms. The second-order valence-corrected chi connectivity index (χ2v) is 4.72. The smallest absolute Gasteiger partial charge is 0.0495 e. The van der Waals surface area contributed by atoms with Gasteiger partial charge in [0.15, 0.2) is 0 Å². The standard InChI is InChI=1S/C13H27NO/c1-3-5-6-7-13(14-4-2)10-12-8-9-15-11-12/h12-14H,3-11H2,1-2H3.